The first-order valence-corrected chi connectivity index (χ1v) is 8.16. The summed E-state index contributed by atoms with van der Waals surface area (Å²) < 4.78 is 5.65. The Kier molecular flexibility index (Phi) is 6.23. The fourth-order valence-electron chi connectivity index (χ4n) is 2.48. The van der Waals surface area contributed by atoms with Crippen LogP contribution < -0.4 is 15.8 Å². The molecule has 2 aromatic rings. The van der Waals surface area contributed by atoms with Gasteiger partial charge in [-0.3, -0.25) is 0 Å². The summed E-state index contributed by atoms with van der Waals surface area (Å²) in [5.74, 6) is 1.37. The monoisotopic (exact) mass is 444 g/mol. The Balaban J connectivity index is 0.00000192. The van der Waals surface area contributed by atoms with Gasteiger partial charge in [-0.25, -0.2) is 9.98 Å². The third kappa shape index (κ3) is 4.35. The van der Waals surface area contributed by atoms with E-state index in [1.807, 2.05) is 25.1 Å². The van der Waals surface area contributed by atoms with Gasteiger partial charge in [-0.15, -0.1) is 35.3 Å². The molecule has 0 saturated carbocycles. The number of aliphatic imine (C=N–C) groups is 1. The Morgan fingerprint density at radius 2 is 2.22 bits per heavy atom. The van der Waals surface area contributed by atoms with Crippen molar-refractivity contribution in [3.8, 4) is 5.75 Å². The molecule has 1 unspecified atom stereocenters. The summed E-state index contributed by atoms with van der Waals surface area (Å²) in [6.45, 7) is 5.29. The molecule has 1 aromatic heterocycles. The molecule has 3 rings (SSSR count). The molecule has 0 aliphatic carbocycles. The molecule has 2 heterocycles. The van der Waals surface area contributed by atoms with Crippen molar-refractivity contribution in [2.24, 2.45) is 10.7 Å². The third-order valence-electron chi connectivity index (χ3n) is 3.74. The van der Waals surface area contributed by atoms with Crippen LogP contribution in [-0.4, -0.2) is 17.6 Å². The molecule has 0 spiro atoms. The van der Waals surface area contributed by atoms with Gasteiger partial charge < -0.3 is 15.8 Å². The number of thiazole rings is 1. The molecule has 7 heteroatoms. The van der Waals surface area contributed by atoms with Crippen LogP contribution in [0, 0.1) is 13.8 Å². The van der Waals surface area contributed by atoms with Crippen LogP contribution in [0.25, 0.3) is 0 Å². The smallest absolute Gasteiger partial charge is 0.189 e. The van der Waals surface area contributed by atoms with Gasteiger partial charge in [0.05, 0.1) is 24.9 Å². The van der Waals surface area contributed by atoms with E-state index < -0.39 is 0 Å². The number of aromatic nitrogens is 1. The predicted molar refractivity (Wildman–Crippen MR) is 105 cm³/mol. The minimum absolute atomic E-state index is 0. The lowest BCUT2D eigenvalue weighted by Gasteiger charge is -2.26. The number of benzene rings is 1. The van der Waals surface area contributed by atoms with Gasteiger partial charge in [-0.1, -0.05) is 18.2 Å². The Morgan fingerprint density at radius 3 is 2.96 bits per heavy atom. The lowest BCUT2D eigenvalue weighted by atomic mass is 10.0. The Labute approximate surface area is 157 Å². The van der Waals surface area contributed by atoms with E-state index in [0.29, 0.717) is 19.1 Å². The van der Waals surface area contributed by atoms with Crippen molar-refractivity contribution in [1.82, 2.24) is 10.3 Å². The van der Waals surface area contributed by atoms with E-state index in [1.165, 1.54) is 4.88 Å². The first kappa shape index (κ1) is 18.0. The number of para-hydroxylation sites is 1. The maximum Gasteiger partial charge on any atom is 0.189 e. The topological polar surface area (TPSA) is 72.5 Å². The first-order chi connectivity index (χ1) is 10.6. The van der Waals surface area contributed by atoms with E-state index in [4.69, 9.17) is 10.5 Å². The van der Waals surface area contributed by atoms with E-state index in [0.717, 1.165) is 28.4 Å². The molecule has 1 aromatic carbocycles. The van der Waals surface area contributed by atoms with Crippen LogP contribution in [0.1, 0.15) is 33.6 Å². The van der Waals surface area contributed by atoms with Crippen LogP contribution >= 0.6 is 35.3 Å². The molecule has 1 aliphatic rings. The van der Waals surface area contributed by atoms with Crippen molar-refractivity contribution in [3.05, 3.63) is 45.4 Å². The van der Waals surface area contributed by atoms with Crippen molar-refractivity contribution in [2.45, 2.75) is 32.9 Å². The second-order valence-electron chi connectivity index (χ2n) is 5.32. The van der Waals surface area contributed by atoms with Crippen LogP contribution in [0.2, 0.25) is 0 Å². The highest BCUT2D eigenvalue weighted by Gasteiger charge is 2.21. The molecule has 124 valence electrons. The van der Waals surface area contributed by atoms with Crippen molar-refractivity contribution >= 4 is 41.3 Å². The number of fused-ring (bicyclic) bond motifs is 1. The molecular formula is C16H21IN4OS. The van der Waals surface area contributed by atoms with Crippen LogP contribution in [0.3, 0.4) is 0 Å². The SMILES string of the molecule is Cc1nc(CN=C(N)NC2CCOc3ccccc32)sc1C.I. The van der Waals surface area contributed by atoms with Crippen LogP contribution in [-0.2, 0) is 6.54 Å². The summed E-state index contributed by atoms with van der Waals surface area (Å²) in [7, 11) is 0. The molecule has 23 heavy (non-hydrogen) atoms. The number of ether oxygens (including phenoxy) is 1. The second kappa shape index (κ2) is 7.96. The molecule has 3 N–H and O–H groups in total. The van der Waals surface area contributed by atoms with E-state index in [1.54, 1.807) is 11.3 Å². The number of nitrogens with one attached hydrogen (secondary N) is 1. The first-order valence-electron chi connectivity index (χ1n) is 7.34. The normalized spacial score (nSPS) is 17.0. The summed E-state index contributed by atoms with van der Waals surface area (Å²) in [5, 5.41) is 4.28. The average Bonchev–Trinajstić information content (AvgIpc) is 2.84. The zero-order valence-corrected chi connectivity index (χ0v) is 16.4. The lowest BCUT2D eigenvalue weighted by molar-refractivity contribution is 0.262. The largest absolute Gasteiger partial charge is 0.493 e. The number of halogens is 1. The maximum absolute atomic E-state index is 6.03. The number of hydrogen-bond donors (Lipinski definition) is 2. The highest BCUT2D eigenvalue weighted by Crippen LogP contribution is 2.31. The molecule has 1 aliphatic heterocycles. The Bertz CT molecular complexity index is 682. The molecule has 0 amide bonds. The van der Waals surface area contributed by atoms with Gasteiger partial charge in [0.1, 0.15) is 10.8 Å². The van der Waals surface area contributed by atoms with Crippen molar-refractivity contribution in [2.75, 3.05) is 6.61 Å². The van der Waals surface area contributed by atoms with E-state index in [-0.39, 0.29) is 30.0 Å². The Morgan fingerprint density at radius 1 is 1.43 bits per heavy atom. The molecule has 0 fully saturated rings. The zero-order valence-electron chi connectivity index (χ0n) is 13.2. The fourth-order valence-corrected chi connectivity index (χ4v) is 3.33. The molecule has 5 nitrogen and oxygen atoms in total. The van der Waals surface area contributed by atoms with Crippen molar-refractivity contribution in [3.63, 3.8) is 0 Å². The molecule has 1 atom stereocenters. The van der Waals surface area contributed by atoms with E-state index in [2.05, 4.69) is 28.3 Å². The summed E-state index contributed by atoms with van der Waals surface area (Å²) in [5.41, 5.74) is 8.23. The van der Waals surface area contributed by atoms with Crippen LogP contribution in [0.5, 0.6) is 5.75 Å². The number of aryl methyl sites for hydroxylation is 2. The summed E-state index contributed by atoms with van der Waals surface area (Å²) in [6.07, 6.45) is 0.878. The minimum atomic E-state index is 0. The minimum Gasteiger partial charge on any atom is -0.493 e. The van der Waals surface area contributed by atoms with Crippen LogP contribution in [0.4, 0.5) is 0 Å². The van der Waals surface area contributed by atoms with Gasteiger partial charge in [0.25, 0.3) is 0 Å². The molecule has 0 bridgehead atoms. The number of nitrogens with two attached hydrogens (primary N) is 1. The predicted octanol–water partition coefficient (Wildman–Crippen LogP) is 3.31. The number of guanidine groups is 1. The van der Waals surface area contributed by atoms with Crippen molar-refractivity contribution in [1.29, 1.82) is 0 Å². The third-order valence-corrected chi connectivity index (χ3v) is 4.80. The average molecular weight is 444 g/mol. The van der Waals surface area contributed by atoms with Gasteiger partial charge in [-0.2, -0.15) is 0 Å². The lowest BCUT2D eigenvalue weighted by Crippen LogP contribution is -2.37. The number of nitrogens with zero attached hydrogens (tertiary/aromatic N) is 2. The van der Waals surface area contributed by atoms with Gasteiger partial charge >= 0.3 is 0 Å². The number of rotatable bonds is 3. The quantitative estimate of drug-likeness (QED) is 0.433. The summed E-state index contributed by atoms with van der Waals surface area (Å²) >= 11 is 1.67. The maximum atomic E-state index is 6.03. The van der Waals surface area contributed by atoms with Crippen LogP contribution in [0.15, 0.2) is 29.3 Å². The van der Waals surface area contributed by atoms with Gasteiger partial charge in [0.2, 0.25) is 0 Å². The van der Waals surface area contributed by atoms with E-state index in [9.17, 15) is 0 Å². The zero-order chi connectivity index (χ0) is 15.5. The van der Waals surface area contributed by atoms with Gasteiger partial charge in [-0.05, 0) is 19.9 Å². The highest BCUT2D eigenvalue weighted by atomic mass is 127. The highest BCUT2D eigenvalue weighted by molar-refractivity contribution is 14.0. The van der Waals surface area contributed by atoms with E-state index >= 15 is 0 Å². The summed E-state index contributed by atoms with van der Waals surface area (Å²) in [4.78, 5) is 10.1. The number of hydrogen-bond acceptors (Lipinski definition) is 4. The molecular weight excluding hydrogens is 423 g/mol. The van der Waals surface area contributed by atoms with Gasteiger partial charge in [0.15, 0.2) is 5.96 Å². The standard InChI is InChI=1S/C16H20N4OS.HI/c1-10-11(2)22-15(19-10)9-18-16(17)20-13-7-8-21-14-6-4-3-5-12(13)14;/h3-6,13H,7-9H2,1-2H3,(H3,17,18,20);1H. The second-order valence-corrected chi connectivity index (χ2v) is 6.61. The van der Waals surface area contributed by atoms with Gasteiger partial charge in [0, 0.05) is 16.9 Å². The van der Waals surface area contributed by atoms with Crippen molar-refractivity contribution < 1.29 is 4.74 Å². The molecule has 0 saturated heterocycles. The Hall–Kier alpha value is -1.35. The fraction of sp³-hybridized carbons (Fsp3) is 0.375. The molecule has 0 radical (unpaired) electrons. The summed E-state index contributed by atoms with van der Waals surface area (Å²) in [6, 6.07) is 8.18.